The maximum Gasteiger partial charge on any atom is 0.341 e. The molecule has 0 radical (unpaired) electrons. The number of carbonyl (C=O) groups is 1. The van der Waals surface area contributed by atoms with E-state index in [9.17, 15) is 4.79 Å². The summed E-state index contributed by atoms with van der Waals surface area (Å²) in [6, 6.07) is 5.93. The lowest BCUT2D eigenvalue weighted by atomic mass is 9.98. The monoisotopic (exact) mass is 346 g/mol. The number of aromatic nitrogens is 1. The molecule has 128 valence electrons. The van der Waals surface area contributed by atoms with Gasteiger partial charge in [-0.2, -0.15) is 0 Å². The number of thiazole rings is 1. The molecule has 1 aromatic carbocycles. The van der Waals surface area contributed by atoms with Crippen LogP contribution >= 0.6 is 11.3 Å². The normalized spacial score (nSPS) is 16.5. The number of hydrogen-bond donors (Lipinski definition) is 1. The van der Waals surface area contributed by atoms with Crippen LogP contribution in [0, 0.1) is 6.92 Å². The number of methoxy groups -OCH3 is 2. The minimum atomic E-state index is -0.386. The van der Waals surface area contributed by atoms with Gasteiger partial charge in [0.25, 0.3) is 0 Å². The van der Waals surface area contributed by atoms with Gasteiger partial charge in [-0.15, -0.1) is 11.3 Å². The van der Waals surface area contributed by atoms with Crippen LogP contribution in [0.4, 0.5) is 0 Å². The second-order valence-corrected chi connectivity index (χ2v) is 7.13. The van der Waals surface area contributed by atoms with Gasteiger partial charge in [0.05, 0.1) is 24.9 Å². The zero-order valence-corrected chi connectivity index (χ0v) is 15.0. The summed E-state index contributed by atoms with van der Waals surface area (Å²) in [5.74, 6) is 0.155. The molecule has 0 fully saturated rings. The SMILES string of the molecule is COC(=O)c1ccc(CNC2CCCc3nc(C)sc32)cc1OC. The summed E-state index contributed by atoms with van der Waals surface area (Å²) >= 11 is 1.79. The Kier molecular flexibility index (Phi) is 5.16. The summed E-state index contributed by atoms with van der Waals surface area (Å²) in [5, 5.41) is 4.76. The first-order chi connectivity index (χ1) is 11.6. The average molecular weight is 346 g/mol. The van der Waals surface area contributed by atoms with Crippen LogP contribution in [0.1, 0.15) is 50.4 Å². The van der Waals surface area contributed by atoms with Crippen molar-refractivity contribution < 1.29 is 14.3 Å². The quantitative estimate of drug-likeness (QED) is 0.841. The van der Waals surface area contributed by atoms with Gasteiger partial charge in [0.1, 0.15) is 11.3 Å². The second-order valence-electron chi connectivity index (χ2n) is 5.90. The fraction of sp³-hybridized carbons (Fsp3) is 0.444. The Morgan fingerprint density at radius 1 is 1.42 bits per heavy atom. The summed E-state index contributed by atoms with van der Waals surface area (Å²) in [6.07, 6.45) is 3.38. The lowest BCUT2D eigenvalue weighted by Crippen LogP contribution is -2.23. The molecule has 0 aliphatic heterocycles. The maximum atomic E-state index is 11.7. The fourth-order valence-electron chi connectivity index (χ4n) is 3.10. The largest absolute Gasteiger partial charge is 0.496 e. The number of carbonyl (C=O) groups excluding carboxylic acids is 1. The van der Waals surface area contributed by atoms with Crippen LogP contribution < -0.4 is 10.1 Å². The molecular formula is C18H22N2O3S. The Morgan fingerprint density at radius 2 is 2.25 bits per heavy atom. The molecule has 5 nitrogen and oxygen atoms in total. The highest BCUT2D eigenvalue weighted by atomic mass is 32.1. The first-order valence-corrected chi connectivity index (χ1v) is 8.89. The summed E-state index contributed by atoms with van der Waals surface area (Å²) in [7, 11) is 2.93. The van der Waals surface area contributed by atoms with E-state index in [0.29, 0.717) is 17.4 Å². The topological polar surface area (TPSA) is 60.5 Å². The molecule has 24 heavy (non-hydrogen) atoms. The van der Waals surface area contributed by atoms with Gasteiger partial charge < -0.3 is 14.8 Å². The smallest absolute Gasteiger partial charge is 0.341 e. The summed E-state index contributed by atoms with van der Waals surface area (Å²) in [4.78, 5) is 17.7. The van der Waals surface area contributed by atoms with Gasteiger partial charge in [0.15, 0.2) is 0 Å². The molecule has 3 rings (SSSR count). The Morgan fingerprint density at radius 3 is 3.00 bits per heavy atom. The van der Waals surface area contributed by atoms with E-state index < -0.39 is 0 Å². The van der Waals surface area contributed by atoms with Crippen molar-refractivity contribution >= 4 is 17.3 Å². The number of esters is 1. The molecular weight excluding hydrogens is 324 g/mol. The van der Waals surface area contributed by atoms with E-state index in [2.05, 4.69) is 17.2 Å². The highest BCUT2D eigenvalue weighted by molar-refractivity contribution is 7.11. The van der Waals surface area contributed by atoms with E-state index in [1.807, 2.05) is 12.1 Å². The summed E-state index contributed by atoms with van der Waals surface area (Å²) < 4.78 is 10.1. The van der Waals surface area contributed by atoms with Crippen molar-refractivity contribution in [1.82, 2.24) is 10.3 Å². The predicted octanol–water partition coefficient (Wildman–Crippen LogP) is 3.41. The number of benzene rings is 1. The third kappa shape index (κ3) is 3.44. The number of rotatable bonds is 5. The maximum absolute atomic E-state index is 11.7. The van der Waals surface area contributed by atoms with Gasteiger partial charge in [-0.25, -0.2) is 9.78 Å². The molecule has 1 heterocycles. The van der Waals surface area contributed by atoms with Gasteiger partial charge in [0, 0.05) is 17.5 Å². The van der Waals surface area contributed by atoms with E-state index in [1.54, 1.807) is 24.5 Å². The number of fused-ring (bicyclic) bond motifs is 1. The van der Waals surface area contributed by atoms with Crippen LogP contribution in [0.3, 0.4) is 0 Å². The third-order valence-electron chi connectivity index (χ3n) is 4.28. The van der Waals surface area contributed by atoms with E-state index in [0.717, 1.165) is 30.0 Å². The highest BCUT2D eigenvalue weighted by Crippen LogP contribution is 2.34. The molecule has 0 saturated heterocycles. The first-order valence-electron chi connectivity index (χ1n) is 8.07. The molecule has 1 N–H and O–H groups in total. The van der Waals surface area contributed by atoms with Crippen LogP contribution in [-0.4, -0.2) is 25.2 Å². The van der Waals surface area contributed by atoms with Gasteiger partial charge in [-0.3, -0.25) is 0 Å². The van der Waals surface area contributed by atoms with Crippen molar-refractivity contribution in [3.63, 3.8) is 0 Å². The van der Waals surface area contributed by atoms with Crippen molar-refractivity contribution in [2.45, 2.75) is 38.8 Å². The molecule has 0 amide bonds. The Hall–Kier alpha value is -1.92. The number of ether oxygens (including phenoxy) is 2. The van der Waals surface area contributed by atoms with Gasteiger partial charge >= 0.3 is 5.97 Å². The zero-order valence-electron chi connectivity index (χ0n) is 14.2. The fourth-order valence-corrected chi connectivity index (χ4v) is 4.19. The molecule has 1 aromatic heterocycles. The number of nitrogens with one attached hydrogen (secondary N) is 1. The van der Waals surface area contributed by atoms with Gasteiger partial charge in [-0.1, -0.05) is 6.07 Å². The standard InChI is InChI=1S/C18H22N2O3S/c1-11-20-15-6-4-5-14(17(15)24-11)19-10-12-7-8-13(18(21)23-3)16(9-12)22-2/h7-9,14,19H,4-6,10H2,1-3H3. The van der Waals surface area contributed by atoms with E-state index in [4.69, 9.17) is 9.47 Å². The molecule has 6 heteroatoms. The van der Waals surface area contributed by atoms with Crippen LogP contribution in [0.15, 0.2) is 18.2 Å². The molecule has 1 atom stereocenters. The summed E-state index contributed by atoms with van der Waals surface area (Å²) in [5.41, 5.74) is 2.77. The Bertz CT molecular complexity index is 742. The van der Waals surface area contributed by atoms with Crippen molar-refractivity contribution in [3.8, 4) is 5.75 Å². The molecule has 1 unspecified atom stereocenters. The molecule has 0 bridgehead atoms. The number of nitrogens with zero attached hydrogens (tertiary/aromatic N) is 1. The van der Waals surface area contributed by atoms with Crippen molar-refractivity contribution in [2.24, 2.45) is 0 Å². The zero-order chi connectivity index (χ0) is 17.1. The minimum Gasteiger partial charge on any atom is -0.496 e. The predicted molar refractivity (Wildman–Crippen MR) is 93.7 cm³/mol. The minimum absolute atomic E-state index is 0.353. The van der Waals surface area contributed by atoms with E-state index >= 15 is 0 Å². The molecule has 1 aliphatic carbocycles. The van der Waals surface area contributed by atoms with Crippen molar-refractivity contribution in [2.75, 3.05) is 14.2 Å². The highest BCUT2D eigenvalue weighted by Gasteiger charge is 2.23. The van der Waals surface area contributed by atoms with Crippen LogP contribution in [0.2, 0.25) is 0 Å². The van der Waals surface area contributed by atoms with E-state index in [1.165, 1.54) is 24.1 Å². The molecule has 1 aliphatic rings. The second kappa shape index (κ2) is 7.32. The van der Waals surface area contributed by atoms with Gasteiger partial charge in [-0.05, 0) is 43.9 Å². The van der Waals surface area contributed by atoms with Crippen LogP contribution in [0.5, 0.6) is 5.75 Å². The van der Waals surface area contributed by atoms with Crippen LogP contribution in [0.25, 0.3) is 0 Å². The summed E-state index contributed by atoms with van der Waals surface area (Å²) in [6.45, 7) is 2.79. The van der Waals surface area contributed by atoms with Gasteiger partial charge in [0.2, 0.25) is 0 Å². The Labute approximate surface area is 146 Å². The lowest BCUT2D eigenvalue weighted by molar-refractivity contribution is 0.0597. The van der Waals surface area contributed by atoms with Crippen molar-refractivity contribution in [3.05, 3.63) is 44.9 Å². The molecule has 2 aromatic rings. The van der Waals surface area contributed by atoms with E-state index in [-0.39, 0.29) is 5.97 Å². The van der Waals surface area contributed by atoms with Crippen LogP contribution in [-0.2, 0) is 17.7 Å². The number of hydrogen-bond acceptors (Lipinski definition) is 6. The Balaban J connectivity index is 1.72. The third-order valence-corrected chi connectivity index (χ3v) is 5.41. The number of aryl methyl sites for hydroxylation is 2. The average Bonchev–Trinajstić information content (AvgIpc) is 2.99. The van der Waals surface area contributed by atoms with Crippen molar-refractivity contribution in [1.29, 1.82) is 0 Å². The molecule has 0 spiro atoms. The molecule has 0 saturated carbocycles. The first kappa shape index (κ1) is 16.9. The lowest BCUT2D eigenvalue weighted by Gasteiger charge is -2.22.